The number of hydrogen-bond acceptors (Lipinski definition) is 3. The molecule has 1 aromatic carbocycles. The summed E-state index contributed by atoms with van der Waals surface area (Å²) in [5.74, 6) is 0.617. The molecule has 0 saturated heterocycles. The highest BCUT2D eigenvalue weighted by atomic mass is 16.5. The van der Waals surface area contributed by atoms with Crippen molar-refractivity contribution in [3.05, 3.63) is 29.3 Å². The number of nitrogens with one attached hydrogen (secondary N) is 1. The highest BCUT2D eigenvalue weighted by Crippen LogP contribution is 2.21. The van der Waals surface area contributed by atoms with Crippen LogP contribution in [-0.4, -0.2) is 29.8 Å². The lowest BCUT2D eigenvalue weighted by Crippen LogP contribution is -2.48. The third kappa shape index (κ3) is 3.01. The van der Waals surface area contributed by atoms with Crippen molar-refractivity contribution in [1.82, 2.24) is 5.32 Å². The molecule has 0 aromatic heterocycles. The predicted octanol–water partition coefficient (Wildman–Crippen LogP) is 1.32. The molecule has 0 aliphatic heterocycles. The van der Waals surface area contributed by atoms with Crippen molar-refractivity contribution in [3.63, 3.8) is 0 Å². The van der Waals surface area contributed by atoms with Gasteiger partial charge < -0.3 is 15.2 Å². The van der Waals surface area contributed by atoms with Gasteiger partial charge in [0.05, 0.1) is 6.10 Å². The number of amides is 1. The maximum atomic E-state index is 11.6. The number of carbonyl (C=O) groups is 1. The van der Waals surface area contributed by atoms with Gasteiger partial charge in [0.25, 0.3) is 5.91 Å². The van der Waals surface area contributed by atoms with Gasteiger partial charge in [0.15, 0.2) is 6.61 Å². The second-order valence-electron chi connectivity index (χ2n) is 4.88. The van der Waals surface area contributed by atoms with E-state index in [2.05, 4.69) is 5.32 Å². The van der Waals surface area contributed by atoms with Crippen LogP contribution in [0, 0.1) is 13.8 Å². The van der Waals surface area contributed by atoms with Gasteiger partial charge >= 0.3 is 0 Å². The quantitative estimate of drug-likeness (QED) is 0.846. The van der Waals surface area contributed by atoms with E-state index in [0.29, 0.717) is 12.8 Å². The minimum Gasteiger partial charge on any atom is -0.483 e. The third-order valence-corrected chi connectivity index (χ3v) is 3.39. The molecule has 4 heteroatoms. The van der Waals surface area contributed by atoms with E-state index >= 15 is 0 Å². The van der Waals surface area contributed by atoms with Gasteiger partial charge in [-0.15, -0.1) is 0 Å². The predicted molar refractivity (Wildman–Crippen MR) is 68.6 cm³/mol. The zero-order valence-corrected chi connectivity index (χ0v) is 10.8. The van der Waals surface area contributed by atoms with E-state index in [1.54, 1.807) is 0 Å². The molecular formula is C14H19NO3. The first-order chi connectivity index (χ1) is 8.56. The minimum atomic E-state index is -0.254. The minimum absolute atomic E-state index is 0.0247. The lowest BCUT2D eigenvalue weighted by atomic mass is 9.89. The Morgan fingerprint density at radius 2 is 2.17 bits per heavy atom. The van der Waals surface area contributed by atoms with Gasteiger partial charge in [-0.05, 0) is 43.9 Å². The maximum absolute atomic E-state index is 11.6. The van der Waals surface area contributed by atoms with Crippen molar-refractivity contribution in [2.75, 3.05) is 6.61 Å². The van der Waals surface area contributed by atoms with Crippen LogP contribution in [0.3, 0.4) is 0 Å². The summed E-state index contributed by atoms with van der Waals surface area (Å²) in [5.41, 5.74) is 2.21. The van der Waals surface area contributed by atoms with Crippen LogP contribution < -0.4 is 10.1 Å². The van der Waals surface area contributed by atoms with Crippen molar-refractivity contribution < 1.29 is 14.6 Å². The molecule has 4 nitrogen and oxygen atoms in total. The van der Waals surface area contributed by atoms with Crippen LogP contribution in [0.25, 0.3) is 0 Å². The van der Waals surface area contributed by atoms with Crippen molar-refractivity contribution in [2.45, 2.75) is 38.8 Å². The third-order valence-electron chi connectivity index (χ3n) is 3.39. The molecule has 98 valence electrons. The second-order valence-corrected chi connectivity index (χ2v) is 4.88. The molecule has 1 fully saturated rings. The normalized spacial score (nSPS) is 22.2. The standard InChI is InChI=1S/C14H19NO3/c1-9-4-3-5-13(10(9)2)18-8-14(17)15-11-6-12(16)7-11/h3-5,11-12,16H,6-8H2,1-2H3,(H,15,17). The molecule has 0 radical (unpaired) electrons. The molecule has 0 spiro atoms. The molecule has 0 atom stereocenters. The maximum Gasteiger partial charge on any atom is 0.258 e. The second kappa shape index (κ2) is 5.40. The lowest BCUT2D eigenvalue weighted by Gasteiger charge is -2.31. The lowest BCUT2D eigenvalue weighted by molar-refractivity contribution is -0.125. The Kier molecular flexibility index (Phi) is 3.87. The molecule has 2 N–H and O–H groups in total. The van der Waals surface area contributed by atoms with Crippen LogP contribution in [-0.2, 0) is 4.79 Å². The van der Waals surface area contributed by atoms with Gasteiger partial charge in [-0.3, -0.25) is 4.79 Å². The summed E-state index contributed by atoms with van der Waals surface area (Å²) < 4.78 is 5.50. The molecule has 1 saturated carbocycles. The average Bonchev–Trinajstić information content (AvgIpc) is 2.29. The van der Waals surface area contributed by atoms with Crippen LogP contribution in [0.1, 0.15) is 24.0 Å². The van der Waals surface area contributed by atoms with E-state index in [-0.39, 0.29) is 24.7 Å². The Morgan fingerprint density at radius 1 is 1.44 bits per heavy atom. The fourth-order valence-corrected chi connectivity index (χ4v) is 2.00. The zero-order chi connectivity index (χ0) is 13.1. The topological polar surface area (TPSA) is 58.6 Å². The Labute approximate surface area is 107 Å². The van der Waals surface area contributed by atoms with Crippen molar-refractivity contribution in [1.29, 1.82) is 0 Å². The fraction of sp³-hybridized carbons (Fsp3) is 0.500. The smallest absolute Gasteiger partial charge is 0.258 e. The molecule has 18 heavy (non-hydrogen) atoms. The van der Waals surface area contributed by atoms with E-state index in [1.807, 2.05) is 32.0 Å². The molecular weight excluding hydrogens is 230 g/mol. The first-order valence-electron chi connectivity index (χ1n) is 6.22. The Hall–Kier alpha value is -1.55. The van der Waals surface area contributed by atoms with Gasteiger partial charge in [-0.2, -0.15) is 0 Å². The number of hydrogen-bond donors (Lipinski definition) is 2. The van der Waals surface area contributed by atoms with Crippen molar-refractivity contribution >= 4 is 5.91 Å². The van der Waals surface area contributed by atoms with Crippen LogP contribution in [0.2, 0.25) is 0 Å². The number of rotatable bonds is 4. The van der Waals surface area contributed by atoms with Gasteiger partial charge in [0.1, 0.15) is 5.75 Å². The van der Waals surface area contributed by atoms with Gasteiger partial charge in [0, 0.05) is 6.04 Å². The van der Waals surface area contributed by atoms with Crippen molar-refractivity contribution in [3.8, 4) is 5.75 Å². The summed E-state index contributed by atoms with van der Waals surface area (Å²) in [6.07, 6.45) is 1.04. The Balaban J connectivity index is 1.80. The molecule has 1 amide bonds. The van der Waals surface area contributed by atoms with E-state index in [1.165, 1.54) is 0 Å². The first kappa shape index (κ1) is 12.9. The van der Waals surface area contributed by atoms with Crippen LogP contribution >= 0.6 is 0 Å². The van der Waals surface area contributed by atoms with E-state index in [4.69, 9.17) is 9.84 Å². The van der Waals surface area contributed by atoms with E-state index in [9.17, 15) is 4.79 Å². The van der Waals surface area contributed by atoms with Crippen LogP contribution in [0.4, 0.5) is 0 Å². The summed E-state index contributed by atoms with van der Waals surface area (Å²) in [5, 5.41) is 12.0. The number of ether oxygens (including phenoxy) is 1. The number of aryl methyl sites for hydroxylation is 1. The molecule has 0 heterocycles. The van der Waals surface area contributed by atoms with Gasteiger partial charge in [-0.1, -0.05) is 12.1 Å². The number of aliphatic hydroxyl groups excluding tert-OH is 1. The molecule has 1 aliphatic carbocycles. The summed E-state index contributed by atoms with van der Waals surface area (Å²) in [6.45, 7) is 4.01. The molecule has 0 bridgehead atoms. The van der Waals surface area contributed by atoms with Crippen LogP contribution in [0.5, 0.6) is 5.75 Å². The molecule has 1 aliphatic rings. The SMILES string of the molecule is Cc1cccc(OCC(=O)NC2CC(O)C2)c1C. The van der Waals surface area contributed by atoms with E-state index in [0.717, 1.165) is 16.9 Å². The molecule has 1 aromatic rings. The van der Waals surface area contributed by atoms with Gasteiger partial charge in [0.2, 0.25) is 0 Å². The summed E-state index contributed by atoms with van der Waals surface area (Å²) in [7, 11) is 0. The Morgan fingerprint density at radius 3 is 2.83 bits per heavy atom. The van der Waals surface area contributed by atoms with E-state index < -0.39 is 0 Å². The zero-order valence-electron chi connectivity index (χ0n) is 10.8. The molecule has 0 unspecified atom stereocenters. The number of benzene rings is 1. The fourth-order valence-electron chi connectivity index (χ4n) is 2.00. The number of carbonyl (C=O) groups excluding carboxylic acids is 1. The largest absolute Gasteiger partial charge is 0.483 e. The monoisotopic (exact) mass is 249 g/mol. The number of aliphatic hydroxyl groups is 1. The summed E-state index contributed by atoms with van der Waals surface area (Å²) in [4.78, 5) is 11.6. The highest BCUT2D eigenvalue weighted by molar-refractivity contribution is 5.78. The first-order valence-corrected chi connectivity index (χ1v) is 6.22. The average molecular weight is 249 g/mol. The van der Waals surface area contributed by atoms with Crippen LogP contribution in [0.15, 0.2) is 18.2 Å². The highest BCUT2D eigenvalue weighted by Gasteiger charge is 2.28. The Bertz CT molecular complexity index is 439. The van der Waals surface area contributed by atoms with Gasteiger partial charge in [-0.25, -0.2) is 0 Å². The van der Waals surface area contributed by atoms with Crippen molar-refractivity contribution in [2.24, 2.45) is 0 Å². The summed E-state index contributed by atoms with van der Waals surface area (Å²) >= 11 is 0. The molecule has 2 rings (SSSR count). The summed E-state index contributed by atoms with van der Waals surface area (Å²) in [6, 6.07) is 5.90.